The number of anilines is 1. The Hall–Kier alpha value is -2.60. The molecule has 0 bridgehead atoms. The monoisotopic (exact) mass is 513 g/mol. The fourth-order valence-electron chi connectivity index (χ4n) is 3.23. The van der Waals surface area contributed by atoms with Gasteiger partial charge in [0.15, 0.2) is 11.5 Å². The van der Waals surface area contributed by atoms with Gasteiger partial charge in [0.1, 0.15) is 19.8 Å². The predicted octanol–water partition coefficient (Wildman–Crippen LogP) is 1.85. The summed E-state index contributed by atoms with van der Waals surface area (Å²) in [4.78, 5) is 25.9. The number of nitrogens with zero attached hydrogens (tertiary/aromatic N) is 1. The molecule has 1 heterocycles. The molecule has 1 aliphatic heterocycles. The number of carbonyl (C=O) groups excluding carboxylic acids is 2. The summed E-state index contributed by atoms with van der Waals surface area (Å²) in [7, 11) is 0. The number of rotatable bonds is 8. The Morgan fingerprint density at radius 1 is 0.722 bits per heavy atom. The van der Waals surface area contributed by atoms with E-state index in [1.807, 2.05) is 0 Å². The van der Waals surface area contributed by atoms with Gasteiger partial charge in [-0.15, -0.1) is 0 Å². The summed E-state index contributed by atoms with van der Waals surface area (Å²) in [6.07, 6.45) is 0.124. The van der Waals surface area contributed by atoms with Crippen molar-refractivity contribution < 1.29 is 47.5 Å². The summed E-state index contributed by atoms with van der Waals surface area (Å²) in [5.74, 6) is 0.286. The number of hydrogen-bond donors (Lipinski definition) is 0. The van der Waals surface area contributed by atoms with E-state index in [1.165, 1.54) is 0 Å². The van der Waals surface area contributed by atoms with Crippen LogP contribution in [0.1, 0.15) is 20.3 Å². The van der Waals surface area contributed by atoms with Crippen molar-refractivity contribution in [3.63, 3.8) is 0 Å². The van der Waals surface area contributed by atoms with Gasteiger partial charge >= 0.3 is 11.9 Å². The number of esters is 2. The molecule has 11 nitrogen and oxygen atoms in total. The van der Waals surface area contributed by atoms with Crippen molar-refractivity contribution in [2.24, 2.45) is 0 Å². The van der Waals surface area contributed by atoms with Gasteiger partial charge in [0, 0.05) is 18.3 Å². The molecular formula is C25H39NO10. The van der Waals surface area contributed by atoms with E-state index < -0.39 is 5.97 Å². The van der Waals surface area contributed by atoms with E-state index >= 15 is 0 Å². The van der Waals surface area contributed by atoms with E-state index in [9.17, 15) is 9.59 Å². The molecule has 0 aromatic heterocycles. The van der Waals surface area contributed by atoms with E-state index in [2.05, 4.69) is 0 Å². The minimum absolute atomic E-state index is 0.0219. The van der Waals surface area contributed by atoms with Crippen LogP contribution in [0.4, 0.5) is 5.69 Å². The zero-order chi connectivity index (χ0) is 25.8. The first-order valence-electron chi connectivity index (χ1n) is 12.4. The highest BCUT2D eigenvalue weighted by atomic mass is 16.6. The van der Waals surface area contributed by atoms with Gasteiger partial charge in [0.2, 0.25) is 0 Å². The molecule has 0 saturated carbocycles. The Kier molecular flexibility index (Phi) is 15.3. The third-order valence-corrected chi connectivity index (χ3v) is 4.90. The molecule has 0 unspecified atom stereocenters. The fourth-order valence-corrected chi connectivity index (χ4v) is 3.23. The first-order valence-corrected chi connectivity index (χ1v) is 12.4. The molecule has 204 valence electrons. The molecule has 1 aromatic rings. The number of hydrogen-bond acceptors (Lipinski definition) is 11. The average molecular weight is 514 g/mol. The van der Waals surface area contributed by atoms with Gasteiger partial charge in [-0.1, -0.05) is 0 Å². The maximum Gasteiger partial charge on any atom is 0.325 e. The first kappa shape index (κ1) is 29.6. The van der Waals surface area contributed by atoms with Gasteiger partial charge in [0.25, 0.3) is 0 Å². The second-order valence-electron chi connectivity index (χ2n) is 7.56. The average Bonchev–Trinajstić information content (AvgIpc) is 2.86. The minimum atomic E-state index is -0.394. The van der Waals surface area contributed by atoms with Gasteiger partial charge in [0.05, 0.1) is 72.5 Å². The summed E-state index contributed by atoms with van der Waals surface area (Å²) in [6, 6.07) is 5.35. The molecule has 0 aliphatic carbocycles. The standard InChI is InChI=1S/C25H39NO10/c1-3-33-24(27)7-8-26(20-25(28)34-4-2)21-5-6-22-23(19-21)36-18-16-32-14-12-30-10-9-29-11-13-31-15-17-35-22/h5-6,19H,3-4,7-18,20H2,1-2H3. The molecule has 0 N–H and O–H groups in total. The Bertz CT molecular complexity index is 760. The number of benzene rings is 1. The molecular weight excluding hydrogens is 474 g/mol. The normalized spacial score (nSPS) is 16.3. The predicted molar refractivity (Wildman–Crippen MR) is 131 cm³/mol. The van der Waals surface area contributed by atoms with Crippen LogP contribution in [-0.4, -0.2) is 104 Å². The van der Waals surface area contributed by atoms with Crippen LogP contribution in [0.5, 0.6) is 11.5 Å². The van der Waals surface area contributed by atoms with Crippen molar-refractivity contribution in [3.05, 3.63) is 18.2 Å². The van der Waals surface area contributed by atoms with E-state index in [-0.39, 0.29) is 32.1 Å². The molecule has 0 radical (unpaired) electrons. The summed E-state index contributed by atoms with van der Waals surface area (Å²) >= 11 is 0. The van der Waals surface area contributed by atoms with Gasteiger partial charge in [-0.3, -0.25) is 9.59 Å². The maximum atomic E-state index is 12.2. The van der Waals surface area contributed by atoms with Crippen LogP contribution in [0.2, 0.25) is 0 Å². The first-order chi connectivity index (χ1) is 17.6. The van der Waals surface area contributed by atoms with Crippen LogP contribution in [0, 0.1) is 0 Å². The van der Waals surface area contributed by atoms with Gasteiger partial charge in [-0.25, -0.2) is 0 Å². The highest BCUT2D eigenvalue weighted by Crippen LogP contribution is 2.32. The van der Waals surface area contributed by atoms with Crippen LogP contribution < -0.4 is 14.4 Å². The quantitative estimate of drug-likeness (QED) is 0.475. The van der Waals surface area contributed by atoms with Gasteiger partial charge in [-0.2, -0.15) is 0 Å². The van der Waals surface area contributed by atoms with E-state index in [0.29, 0.717) is 89.9 Å². The topological polar surface area (TPSA) is 111 Å². The Balaban J connectivity index is 2.12. The van der Waals surface area contributed by atoms with Crippen LogP contribution in [0.25, 0.3) is 0 Å². The zero-order valence-corrected chi connectivity index (χ0v) is 21.4. The maximum absolute atomic E-state index is 12.2. The van der Waals surface area contributed by atoms with Crippen molar-refractivity contribution in [1.29, 1.82) is 0 Å². The van der Waals surface area contributed by atoms with Crippen molar-refractivity contribution in [1.82, 2.24) is 0 Å². The lowest BCUT2D eigenvalue weighted by Crippen LogP contribution is -2.33. The lowest BCUT2D eigenvalue weighted by molar-refractivity contribution is -0.144. The van der Waals surface area contributed by atoms with E-state index in [0.717, 1.165) is 0 Å². The largest absolute Gasteiger partial charge is 0.487 e. The van der Waals surface area contributed by atoms with E-state index in [1.54, 1.807) is 36.9 Å². The summed E-state index contributed by atoms with van der Waals surface area (Å²) in [5, 5.41) is 0. The molecule has 1 aliphatic rings. The zero-order valence-electron chi connectivity index (χ0n) is 21.4. The molecule has 2 rings (SSSR count). The molecule has 1 aromatic carbocycles. The Morgan fingerprint density at radius 2 is 1.22 bits per heavy atom. The van der Waals surface area contributed by atoms with Crippen LogP contribution in [-0.2, 0) is 38.0 Å². The summed E-state index contributed by atoms with van der Waals surface area (Å²) in [5.41, 5.74) is 0.680. The van der Waals surface area contributed by atoms with Crippen molar-refractivity contribution in [2.75, 3.05) is 97.3 Å². The van der Waals surface area contributed by atoms with Crippen LogP contribution >= 0.6 is 0 Å². The molecule has 0 spiro atoms. The van der Waals surface area contributed by atoms with Crippen molar-refractivity contribution in [2.45, 2.75) is 20.3 Å². The second kappa shape index (κ2) is 18.6. The van der Waals surface area contributed by atoms with Crippen molar-refractivity contribution in [3.8, 4) is 11.5 Å². The molecule has 0 saturated heterocycles. The molecule has 36 heavy (non-hydrogen) atoms. The fraction of sp³-hybridized carbons (Fsp3) is 0.680. The highest BCUT2D eigenvalue weighted by Gasteiger charge is 2.17. The van der Waals surface area contributed by atoms with Crippen LogP contribution in [0.15, 0.2) is 18.2 Å². The third-order valence-electron chi connectivity index (χ3n) is 4.90. The smallest absolute Gasteiger partial charge is 0.325 e. The third kappa shape index (κ3) is 12.4. The molecule has 0 amide bonds. The molecule has 11 heteroatoms. The minimum Gasteiger partial charge on any atom is -0.487 e. The van der Waals surface area contributed by atoms with Gasteiger partial charge < -0.3 is 42.8 Å². The SMILES string of the molecule is CCOC(=O)CCN(CC(=O)OCC)c1ccc2c(c1)OCCOCCOCCOCCOCCO2. The van der Waals surface area contributed by atoms with E-state index in [4.69, 9.17) is 37.9 Å². The van der Waals surface area contributed by atoms with Crippen LogP contribution in [0.3, 0.4) is 0 Å². The lowest BCUT2D eigenvalue weighted by atomic mass is 10.2. The number of ether oxygens (including phenoxy) is 8. The van der Waals surface area contributed by atoms with Crippen molar-refractivity contribution >= 4 is 17.6 Å². The molecule has 0 atom stereocenters. The lowest BCUT2D eigenvalue weighted by Gasteiger charge is -2.25. The Morgan fingerprint density at radius 3 is 1.78 bits per heavy atom. The summed E-state index contributed by atoms with van der Waals surface area (Å²) in [6.45, 7) is 8.53. The second-order valence-corrected chi connectivity index (χ2v) is 7.56. The molecule has 0 fully saturated rings. The highest BCUT2D eigenvalue weighted by molar-refractivity contribution is 5.77. The Labute approximate surface area is 212 Å². The number of fused-ring (bicyclic) bond motifs is 1. The number of carbonyl (C=O) groups is 2. The summed E-state index contributed by atoms with van der Waals surface area (Å²) < 4.78 is 44.0. The van der Waals surface area contributed by atoms with Gasteiger partial charge in [-0.05, 0) is 26.0 Å².